The number of sulfone groups is 1. The van der Waals surface area contributed by atoms with Crippen molar-refractivity contribution in [2.24, 2.45) is 0 Å². The molecule has 0 unspecified atom stereocenters. The Morgan fingerprint density at radius 3 is 2.49 bits per heavy atom. The second-order valence-electron chi connectivity index (χ2n) is 9.93. The number of amides is 2. The number of likely N-dealkylation sites (N-methyl/N-ethyl adjacent to an activating group) is 1. The van der Waals surface area contributed by atoms with Crippen LogP contribution in [0.2, 0.25) is 0 Å². The minimum atomic E-state index is -3.86. The lowest BCUT2D eigenvalue weighted by atomic mass is 10.0. The maximum Gasteiger partial charge on any atom is 0.335 e. The molecule has 0 aliphatic carbocycles. The second-order valence-corrected chi connectivity index (χ2v) is 11.9. The van der Waals surface area contributed by atoms with Crippen molar-refractivity contribution in [3.8, 4) is 0 Å². The second kappa shape index (κ2) is 12.1. The number of nitrogens with zero attached hydrogens (tertiary/aromatic N) is 1. The Kier molecular flexibility index (Phi) is 8.79. The van der Waals surface area contributed by atoms with Crippen LogP contribution in [-0.2, 0) is 20.4 Å². The SMILES string of the molecule is CCN(CC)CCNC(=O)c1c(C)[nH]c(/C=C2\C(=O)Nc3ccc(S(=O)(=O)Cc4cccc(C(=O)O)c4)cc32)c1C. The quantitative estimate of drug-likeness (QED) is 0.253. The van der Waals surface area contributed by atoms with E-state index in [-0.39, 0.29) is 27.8 Å². The van der Waals surface area contributed by atoms with E-state index in [1.54, 1.807) is 26.0 Å². The Bertz CT molecular complexity index is 1650. The topological polar surface area (TPSA) is 149 Å². The Balaban J connectivity index is 1.61. The number of H-pyrrole nitrogens is 1. The molecule has 0 atom stereocenters. The highest BCUT2D eigenvalue weighted by atomic mass is 32.2. The van der Waals surface area contributed by atoms with E-state index in [9.17, 15) is 27.9 Å². The van der Waals surface area contributed by atoms with Crippen molar-refractivity contribution in [2.45, 2.75) is 38.3 Å². The smallest absolute Gasteiger partial charge is 0.335 e. The maximum atomic E-state index is 13.2. The van der Waals surface area contributed by atoms with Gasteiger partial charge in [0.15, 0.2) is 9.84 Å². The van der Waals surface area contributed by atoms with E-state index in [1.807, 2.05) is 0 Å². The lowest BCUT2D eigenvalue weighted by Crippen LogP contribution is -2.35. The van der Waals surface area contributed by atoms with E-state index < -0.39 is 21.6 Å². The standard InChI is InChI=1S/C30H34N4O6S/c1-5-34(6-2)13-12-31-29(36)27-18(3)26(32-19(27)4)16-24-23-15-22(10-11-25(23)33-28(24)35)41(39,40)17-20-8-7-9-21(14-20)30(37)38/h7-11,14-16,32H,5-6,12-13,17H2,1-4H3,(H,31,36)(H,33,35)(H,37,38)/b24-16-. The van der Waals surface area contributed by atoms with Gasteiger partial charge in [0.25, 0.3) is 11.8 Å². The minimum absolute atomic E-state index is 0.000206. The number of hydrogen-bond donors (Lipinski definition) is 4. The van der Waals surface area contributed by atoms with Crippen LogP contribution in [0, 0.1) is 13.8 Å². The van der Waals surface area contributed by atoms with Crippen LogP contribution in [0.3, 0.4) is 0 Å². The number of rotatable bonds is 11. The van der Waals surface area contributed by atoms with Crippen molar-refractivity contribution in [3.05, 3.63) is 81.7 Å². The fourth-order valence-corrected chi connectivity index (χ4v) is 6.32. The van der Waals surface area contributed by atoms with E-state index in [0.717, 1.165) is 19.6 Å². The van der Waals surface area contributed by atoms with Gasteiger partial charge in [-0.05, 0) is 74.5 Å². The van der Waals surface area contributed by atoms with Crippen LogP contribution in [0.15, 0.2) is 47.4 Å². The lowest BCUT2D eigenvalue weighted by Gasteiger charge is -2.18. The van der Waals surface area contributed by atoms with Crippen LogP contribution in [0.1, 0.15) is 62.6 Å². The first-order valence-corrected chi connectivity index (χ1v) is 15.0. The number of benzene rings is 2. The summed E-state index contributed by atoms with van der Waals surface area (Å²) in [5.41, 5.74) is 3.93. The highest BCUT2D eigenvalue weighted by Crippen LogP contribution is 2.36. The summed E-state index contributed by atoms with van der Waals surface area (Å²) in [6.45, 7) is 10.8. The van der Waals surface area contributed by atoms with E-state index in [0.29, 0.717) is 45.9 Å². The number of carboxylic acid groups (broad SMARTS) is 1. The Morgan fingerprint density at radius 1 is 1.07 bits per heavy atom. The van der Waals surface area contributed by atoms with Crippen LogP contribution in [-0.4, -0.2) is 67.4 Å². The normalized spacial score (nSPS) is 13.9. The number of fused-ring (bicyclic) bond motifs is 1. The zero-order valence-corrected chi connectivity index (χ0v) is 24.3. The van der Waals surface area contributed by atoms with Gasteiger partial charge in [0, 0.05) is 35.7 Å². The van der Waals surface area contributed by atoms with Gasteiger partial charge in [-0.2, -0.15) is 0 Å². The number of anilines is 1. The van der Waals surface area contributed by atoms with Gasteiger partial charge >= 0.3 is 5.97 Å². The molecule has 0 bridgehead atoms. The third-order valence-electron chi connectivity index (χ3n) is 7.26. The minimum Gasteiger partial charge on any atom is -0.478 e. The number of aromatic nitrogens is 1. The van der Waals surface area contributed by atoms with Gasteiger partial charge in [0.2, 0.25) is 0 Å². The first kappa shape index (κ1) is 29.8. The summed E-state index contributed by atoms with van der Waals surface area (Å²) < 4.78 is 26.5. The predicted molar refractivity (Wildman–Crippen MR) is 158 cm³/mol. The molecule has 0 saturated heterocycles. The Labute approximate surface area is 239 Å². The molecule has 0 radical (unpaired) electrons. The third kappa shape index (κ3) is 6.41. The molecule has 1 aliphatic rings. The van der Waals surface area contributed by atoms with E-state index in [2.05, 4.69) is 34.4 Å². The fourth-order valence-electron chi connectivity index (χ4n) is 4.96. The zero-order chi connectivity index (χ0) is 29.9. The average molecular weight is 579 g/mol. The molecule has 1 aliphatic heterocycles. The molecule has 4 N–H and O–H groups in total. The summed E-state index contributed by atoms with van der Waals surface area (Å²) in [4.78, 5) is 42.6. The molecule has 41 heavy (non-hydrogen) atoms. The molecule has 2 heterocycles. The first-order chi connectivity index (χ1) is 19.4. The van der Waals surface area contributed by atoms with Gasteiger partial charge in [0.1, 0.15) is 0 Å². The van der Waals surface area contributed by atoms with Crippen LogP contribution in [0.25, 0.3) is 11.6 Å². The molecular weight excluding hydrogens is 544 g/mol. The van der Waals surface area contributed by atoms with Crippen LogP contribution >= 0.6 is 0 Å². The molecule has 0 spiro atoms. The average Bonchev–Trinajstić information content (AvgIpc) is 3.39. The van der Waals surface area contributed by atoms with Crippen LogP contribution in [0.4, 0.5) is 5.69 Å². The third-order valence-corrected chi connectivity index (χ3v) is 8.95. The molecule has 4 rings (SSSR count). The first-order valence-electron chi connectivity index (χ1n) is 13.4. The molecular formula is C30H34N4O6S. The molecule has 2 aromatic carbocycles. The summed E-state index contributed by atoms with van der Waals surface area (Å²) >= 11 is 0. The molecule has 1 aromatic heterocycles. The van der Waals surface area contributed by atoms with E-state index >= 15 is 0 Å². The Morgan fingerprint density at radius 2 is 1.80 bits per heavy atom. The van der Waals surface area contributed by atoms with Gasteiger partial charge in [-0.25, -0.2) is 13.2 Å². The largest absolute Gasteiger partial charge is 0.478 e. The van der Waals surface area contributed by atoms with Crippen molar-refractivity contribution in [1.82, 2.24) is 15.2 Å². The molecule has 3 aromatic rings. The van der Waals surface area contributed by atoms with Gasteiger partial charge in [-0.1, -0.05) is 26.0 Å². The molecule has 10 nitrogen and oxygen atoms in total. The number of carbonyl (C=O) groups excluding carboxylic acids is 2. The monoisotopic (exact) mass is 578 g/mol. The highest BCUT2D eigenvalue weighted by molar-refractivity contribution is 7.90. The van der Waals surface area contributed by atoms with E-state index in [1.165, 1.54) is 36.4 Å². The molecule has 0 saturated carbocycles. The summed E-state index contributed by atoms with van der Waals surface area (Å²) in [5.74, 6) is -2.13. The number of aromatic carboxylic acids is 1. The van der Waals surface area contributed by atoms with Crippen LogP contribution < -0.4 is 10.6 Å². The molecule has 11 heteroatoms. The van der Waals surface area contributed by atoms with Gasteiger partial charge < -0.3 is 25.6 Å². The van der Waals surface area contributed by atoms with E-state index in [4.69, 9.17) is 0 Å². The number of carbonyl (C=O) groups is 3. The number of nitrogens with one attached hydrogen (secondary N) is 3. The summed E-state index contributed by atoms with van der Waals surface area (Å²) in [7, 11) is -3.86. The van der Waals surface area contributed by atoms with Crippen molar-refractivity contribution >= 4 is 45.0 Å². The number of carboxylic acids is 1. The van der Waals surface area contributed by atoms with Crippen LogP contribution in [0.5, 0.6) is 0 Å². The summed E-state index contributed by atoms with van der Waals surface area (Å²) in [5, 5.41) is 15.0. The molecule has 0 fully saturated rings. The number of aryl methyl sites for hydroxylation is 1. The fraction of sp³-hybridized carbons (Fsp3) is 0.300. The zero-order valence-electron chi connectivity index (χ0n) is 23.5. The Hall–Kier alpha value is -4.22. The van der Waals surface area contributed by atoms with Gasteiger partial charge in [0.05, 0.1) is 27.3 Å². The lowest BCUT2D eigenvalue weighted by molar-refractivity contribution is -0.110. The van der Waals surface area contributed by atoms with Crippen molar-refractivity contribution < 1.29 is 27.9 Å². The maximum absolute atomic E-state index is 13.2. The van der Waals surface area contributed by atoms with Gasteiger partial charge in [-0.15, -0.1) is 0 Å². The highest BCUT2D eigenvalue weighted by Gasteiger charge is 2.28. The summed E-state index contributed by atoms with van der Waals surface area (Å²) in [6.07, 6.45) is 1.63. The molecule has 216 valence electrons. The van der Waals surface area contributed by atoms with Crippen molar-refractivity contribution in [1.29, 1.82) is 0 Å². The number of aromatic amines is 1. The van der Waals surface area contributed by atoms with Gasteiger partial charge in [-0.3, -0.25) is 9.59 Å². The number of hydrogen-bond acceptors (Lipinski definition) is 6. The van der Waals surface area contributed by atoms with Crippen molar-refractivity contribution in [3.63, 3.8) is 0 Å². The van der Waals surface area contributed by atoms with Crippen molar-refractivity contribution in [2.75, 3.05) is 31.5 Å². The molecule has 2 amide bonds. The predicted octanol–water partition coefficient (Wildman–Crippen LogP) is 3.87. The summed E-state index contributed by atoms with van der Waals surface area (Å²) in [6, 6.07) is 10.2.